The van der Waals surface area contributed by atoms with Gasteiger partial charge < -0.3 is 10.6 Å². The zero-order valence-electron chi connectivity index (χ0n) is 10.4. The molecule has 0 spiro atoms. The number of nitrogens with one attached hydrogen (secondary N) is 2. The van der Waals surface area contributed by atoms with E-state index in [1.165, 1.54) is 6.42 Å². The number of anilines is 1. The molecule has 0 bridgehead atoms. The number of amidine groups is 2. The topological polar surface area (TPSA) is 65.8 Å². The fraction of sp³-hybridized carbons (Fsp3) is 0.333. The van der Waals surface area contributed by atoms with E-state index in [-0.39, 0.29) is 0 Å². The second kappa shape index (κ2) is 5.71. The van der Waals surface area contributed by atoms with Gasteiger partial charge in [0.1, 0.15) is 0 Å². The second-order valence-corrected chi connectivity index (χ2v) is 6.37. The summed E-state index contributed by atoms with van der Waals surface area (Å²) < 4.78 is 19.4. The van der Waals surface area contributed by atoms with Crippen LogP contribution in [0.2, 0.25) is 10.0 Å². The number of benzene rings is 1. The maximum Gasteiger partial charge on any atom is 0.269 e. The largest absolute Gasteiger partial charge is 0.364 e. The van der Waals surface area contributed by atoms with Crippen molar-refractivity contribution in [2.45, 2.75) is 25.3 Å². The van der Waals surface area contributed by atoms with E-state index in [2.05, 4.69) is 19.4 Å². The van der Waals surface area contributed by atoms with Crippen molar-refractivity contribution in [1.82, 2.24) is 5.32 Å². The first-order chi connectivity index (χ1) is 9.60. The number of nitrogens with zero attached hydrogens (tertiary/aromatic N) is 2. The van der Waals surface area contributed by atoms with Gasteiger partial charge >= 0.3 is 0 Å². The molecule has 0 amide bonds. The van der Waals surface area contributed by atoms with Crippen LogP contribution in [-0.4, -0.2) is 21.9 Å². The molecule has 1 aromatic carbocycles. The van der Waals surface area contributed by atoms with Crippen LogP contribution in [0.15, 0.2) is 27.0 Å². The molecule has 8 heteroatoms. The van der Waals surface area contributed by atoms with Crippen LogP contribution in [0.25, 0.3) is 0 Å². The molecule has 0 saturated heterocycles. The molecule has 3 rings (SSSR count). The Bertz CT molecular complexity index is 608. The molecule has 1 atom stereocenters. The van der Waals surface area contributed by atoms with Gasteiger partial charge in [-0.05, 0) is 37.5 Å². The third-order valence-corrected chi connectivity index (χ3v) is 4.25. The minimum atomic E-state index is -1.58. The van der Waals surface area contributed by atoms with Crippen molar-refractivity contribution >= 4 is 51.7 Å². The van der Waals surface area contributed by atoms with Crippen molar-refractivity contribution in [2.75, 3.05) is 5.32 Å². The molecule has 2 N–H and O–H groups in total. The van der Waals surface area contributed by atoms with Gasteiger partial charge in [-0.1, -0.05) is 23.2 Å². The highest BCUT2D eigenvalue weighted by atomic mass is 35.5. The van der Waals surface area contributed by atoms with E-state index < -0.39 is 11.2 Å². The quantitative estimate of drug-likeness (QED) is 0.876. The Morgan fingerprint density at radius 1 is 1.10 bits per heavy atom. The fourth-order valence-corrected chi connectivity index (χ4v) is 3.10. The summed E-state index contributed by atoms with van der Waals surface area (Å²) in [6.07, 6.45) is 3.40. The predicted octanol–water partition coefficient (Wildman–Crippen LogP) is 2.94. The first-order valence-electron chi connectivity index (χ1n) is 6.19. The van der Waals surface area contributed by atoms with Gasteiger partial charge in [0, 0.05) is 21.8 Å². The molecule has 0 aromatic heterocycles. The summed E-state index contributed by atoms with van der Waals surface area (Å²) in [6, 6.07) is 5.47. The lowest BCUT2D eigenvalue weighted by Gasteiger charge is -2.27. The Kier molecular flexibility index (Phi) is 3.96. The highest BCUT2D eigenvalue weighted by Gasteiger charge is 2.25. The lowest BCUT2D eigenvalue weighted by molar-refractivity contribution is 0.385. The average Bonchev–Trinajstić information content (AvgIpc) is 2.62. The third kappa shape index (κ3) is 3.13. The monoisotopic (exact) mass is 330 g/mol. The SMILES string of the molecule is O=S1N=C(Nc2cc(Cl)cc(Cl)c2)C(NC2CCC2)=N1. The summed E-state index contributed by atoms with van der Waals surface area (Å²) in [5.74, 6) is 0.984. The van der Waals surface area contributed by atoms with Gasteiger partial charge in [-0.15, -0.1) is 8.80 Å². The molecule has 1 saturated carbocycles. The molecule has 1 aliphatic heterocycles. The summed E-state index contributed by atoms with van der Waals surface area (Å²) in [5.41, 5.74) is 0.684. The maximum atomic E-state index is 11.5. The highest BCUT2D eigenvalue weighted by molar-refractivity contribution is 7.83. The van der Waals surface area contributed by atoms with E-state index in [0.29, 0.717) is 33.4 Å². The molecule has 5 nitrogen and oxygen atoms in total. The van der Waals surface area contributed by atoms with Gasteiger partial charge in [-0.2, -0.15) is 0 Å². The molecule has 1 aliphatic carbocycles. The molecule has 1 unspecified atom stereocenters. The Balaban J connectivity index is 1.76. The van der Waals surface area contributed by atoms with Crippen LogP contribution in [0.3, 0.4) is 0 Å². The van der Waals surface area contributed by atoms with Gasteiger partial charge in [0.25, 0.3) is 11.2 Å². The average molecular weight is 331 g/mol. The zero-order chi connectivity index (χ0) is 14.1. The van der Waals surface area contributed by atoms with Crippen LogP contribution in [0, 0.1) is 0 Å². The van der Waals surface area contributed by atoms with Crippen molar-refractivity contribution in [1.29, 1.82) is 0 Å². The highest BCUT2D eigenvalue weighted by Crippen LogP contribution is 2.23. The predicted molar refractivity (Wildman–Crippen MR) is 83.9 cm³/mol. The number of hydrogen-bond donors (Lipinski definition) is 2. The summed E-state index contributed by atoms with van der Waals surface area (Å²) in [6.45, 7) is 0. The minimum absolute atomic E-state index is 0.388. The maximum absolute atomic E-state index is 11.5. The summed E-state index contributed by atoms with van der Waals surface area (Å²) in [5, 5.41) is 7.33. The molecule has 1 fully saturated rings. The van der Waals surface area contributed by atoms with Crippen molar-refractivity contribution < 1.29 is 4.21 Å². The minimum Gasteiger partial charge on any atom is -0.364 e. The van der Waals surface area contributed by atoms with Crippen molar-refractivity contribution in [3.05, 3.63) is 28.2 Å². The first kappa shape index (κ1) is 13.9. The Hall–Kier alpha value is -1.11. The van der Waals surface area contributed by atoms with Crippen LogP contribution in [0.4, 0.5) is 5.69 Å². The summed E-state index contributed by atoms with van der Waals surface area (Å²) in [7, 11) is 0. The van der Waals surface area contributed by atoms with Gasteiger partial charge in [0.05, 0.1) is 0 Å². The molecule has 20 heavy (non-hydrogen) atoms. The normalized spacial score (nSPS) is 22.0. The van der Waals surface area contributed by atoms with E-state index in [0.717, 1.165) is 12.8 Å². The van der Waals surface area contributed by atoms with Gasteiger partial charge in [0.15, 0.2) is 11.7 Å². The zero-order valence-corrected chi connectivity index (χ0v) is 12.7. The second-order valence-electron chi connectivity index (χ2n) is 4.67. The Labute approximate surface area is 129 Å². The van der Waals surface area contributed by atoms with Gasteiger partial charge in [-0.25, -0.2) is 4.21 Å². The molecule has 2 aliphatic rings. The summed E-state index contributed by atoms with van der Waals surface area (Å²) >= 11 is 10.3. The standard InChI is InChI=1S/C12H12Cl2N4OS/c13-7-4-8(14)6-10(5-7)16-12-11(17-20(19)18-12)15-9-2-1-3-9/h4-6,9H,1-3H2,(H,15,17)(H,16,18). The van der Waals surface area contributed by atoms with E-state index in [1.54, 1.807) is 18.2 Å². The van der Waals surface area contributed by atoms with Crippen LogP contribution in [-0.2, 0) is 11.2 Å². The van der Waals surface area contributed by atoms with E-state index in [9.17, 15) is 4.21 Å². The van der Waals surface area contributed by atoms with Gasteiger partial charge in [-0.3, -0.25) is 0 Å². The molecule has 106 valence electrons. The Morgan fingerprint density at radius 3 is 2.35 bits per heavy atom. The number of hydrogen-bond acceptors (Lipinski definition) is 3. The van der Waals surface area contributed by atoms with E-state index in [1.807, 2.05) is 0 Å². The molecule has 1 heterocycles. The fourth-order valence-electron chi connectivity index (χ4n) is 1.95. The van der Waals surface area contributed by atoms with Crippen LogP contribution in [0.5, 0.6) is 0 Å². The van der Waals surface area contributed by atoms with Crippen LogP contribution < -0.4 is 10.6 Å². The van der Waals surface area contributed by atoms with E-state index >= 15 is 0 Å². The molecule has 1 aromatic rings. The van der Waals surface area contributed by atoms with Crippen LogP contribution >= 0.6 is 23.2 Å². The van der Waals surface area contributed by atoms with Crippen molar-refractivity contribution in [3.8, 4) is 0 Å². The van der Waals surface area contributed by atoms with Crippen molar-refractivity contribution in [3.63, 3.8) is 0 Å². The van der Waals surface area contributed by atoms with Crippen LogP contribution in [0.1, 0.15) is 19.3 Å². The van der Waals surface area contributed by atoms with Crippen molar-refractivity contribution in [2.24, 2.45) is 8.80 Å². The smallest absolute Gasteiger partial charge is 0.269 e. The number of rotatable bonds is 2. The lowest BCUT2D eigenvalue weighted by atomic mass is 9.93. The van der Waals surface area contributed by atoms with Gasteiger partial charge in [0.2, 0.25) is 0 Å². The lowest BCUT2D eigenvalue weighted by Crippen LogP contribution is -2.44. The molecular formula is C12H12Cl2N4OS. The Morgan fingerprint density at radius 2 is 1.75 bits per heavy atom. The summed E-state index contributed by atoms with van der Waals surface area (Å²) in [4.78, 5) is 0. The first-order valence-corrected chi connectivity index (χ1v) is 8.01. The van der Waals surface area contributed by atoms with E-state index in [4.69, 9.17) is 23.2 Å². The number of halogens is 2. The molecule has 0 radical (unpaired) electrons. The third-order valence-electron chi connectivity index (χ3n) is 3.13. The molecular weight excluding hydrogens is 319 g/mol.